The molecular formula is C20H31ClN2O5S2. The zero-order valence-electron chi connectivity index (χ0n) is 17.5. The van der Waals surface area contributed by atoms with E-state index in [2.05, 4.69) is 5.32 Å². The molecule has 10 heteroatoms. The first-order valence-electron chi connectivity index (χ1n) is 10.2. The van der Waals surface area contributed by atoms with E-state index in [0.29, 0.717) is 13.2 Å². The summed E-state index contributed by atoms with van der Waals surface area (Å²) in [6.07, 6.45) is 5.46. The molecule has 2 heterocycles. The molecule has 1 N–H and O–H groups in total. The molecule has 7 nitrogen and oxygen atoms in total. The molecule has 0 saturated carbocycles. The third-order valence-corrected chi connectivity index (χ3v) is 8.04. The first-order valence-corrected chi connectivity index (χ1v) is 12.6. The van der Waals surface area contributed by atoms with E-state index in [4.69, 9.17) is 14.3 Å². The third kappa shape index (κ3) is 8.00. The van der Waals surface area contributed by atoms with Crippen molar-refractivity contribution in [3.8, 4) is 5.75 Å². The summed E-state index contributed by atoms with van der Waals surface area (Å²) in [7, 11) is 4.02. The highest BCUT2D eigenvalue weighted by molar-refractivity contribution is 8.77. The lowest BCUT2D eigenvalue weighted by Crippen LogP contribution is -2.35. The quantitative estimate of drug-likeness (QED) is 0.198. The average molecular weight is 479 g/mol. The summed E-state index contributed by atoms with van der Waals surface area (Å²) in [6.45, 7) is 5.35. The standard InChI is InChI=1S/C20H30N2O5S2.ClH/c1-20(2)25-14-16-12-15(7-8-18(16)26-20)19(27-22(23)24)13-21-10-5-3-4-6-17-9-11-28-29-17;/h7-8,12,17,19,21H,3-6,9-11,13-14H2,1-2H3;1H. The van der Waals surface area contributed by atoms with Crippen LogP contribution in [0.1, 0.15) is 63.2 Å². The molecule has 0 bridgehead atoms. The lowest BCUT2D eigenvalue weighted by molar-refractivity contribution is -0.770. The fraction of sp³-hybridized carbons (Fsp3) is 0.700. The molecule has 1 saturated heterocycles. The topological polar surface area (TPSA) is 82.9 Å². The fourth-order valence-electron chi connectivity index (χ4n) is 3.47. The third-order valence-electron chi connectivity index (χ3n) is 5.04. The van der Waals surface area contributed by atoms with E-state index >= 15 is 0 Å². The van der Waals surface area contributed by atoms with Gasteiger partial charge in [-0.1, -0.05) is 40.5 Å². The number of nitrogens with zero attached hydrogens (tertiary/aromatic N) is 1. The maximum atomic E-state index is 11.0. The summed E-state index contributed by atoms with van der Waals surface area (Å²) in [5, 5.41) is 14.4. The second-order valence-electron chi connectivity index (χ2n) is 7.86. The molecule has 2 unspecified atom stereocenters. The number of hydrogen-bond acceptors (Lipinski definition) is 8. The summed E-state index contributed by atoms with van der Waals surface area (Å²) < 4.78 is 11.5. The Kier molecular flexibility index (Phi) is 10.4. The average Bonchev–Trinajstić information content (AvgIpc) is 3.18. The van der Waals surface area contributed by atoms with E-state index in [1.165, 1.54) is 31.4 Å². The van der Waals surface area contributed by atoms with Gasteiger partial charge in [-0.05, 0) is 43.5 Å². The monoisotopic (exact) mass is 478 g/mol. The van der Waals surface area contributed by atoms with Crippen molar-refractivity contribution in [2.24, 2.45) is 0 Å². The summed E-state index contributed by atoms with van der Waals surface area (Å²) in [4.78, 5) is 15.9. The van der Waals surface area contributed by atoms with Gasteiger partial charge in [-0.25, -0.2) is 0 Å². The van der Waals surface area contributed by atoms with Crippen molar-refractivity contribution in [2.75, 3.05) is 18.8 Å². The van der Waals surface area contributed by atoms with Gasteiger partial charge in [0.2, 0.25) is 5.79 Å². The minimum absolute atomic E-state index is 0. The molecule has 3 rings (SSSR count). The predicted octanol–water partition coefficient (Wildman–Crippen LogP) is 5.31. The van der Waals surface area contributed by atoms with Crippen molar-refractivity contribution in [2.45, 2.75) is 69.7 Å². The Morgan fingerprint density at radius 3 is 2.93 bits per heavy atom. The van der Waals surface area contributed by atoms with Crippen LogP contribution in [0, 0.1) is 10.1 Å². The normalized spacial score (nSPS) is 20.5. The smallest absolute Gasteiger partial charge is 0.295 e. The number of unbranched alkanes of at least 4 members (excludes halogenated alkanes) is 2. The SMILES string of the molecule is CC1(C)OCc2cc(C(CNCCCCCC3CCSS3)O[N+](=O)[O-])ccc2O1.Cl. The number of hydrogen-bond donors (Lipinski definition) is 1. The first kappa shape index (κ1) is 25.4. The molecule has 1 aromatic rings. The van der Waals surface area contributed by atoms with Crippen LogP contribution >= 0.6 is 34.0 Å². The Balaban J connectivity index is 0.00000320. The molecule has 0 amide bonds. The molecule has 0 aliphatic carbocycles. The second kappa shape index (κ2) is 12.2. The molecule has 2 aliphatic rings. The van der Waals surface area contributed by atoms with Crippen LogP contribution in [-0.4, -0.2) is 35.0 Å². The lowest BCUT2D eigenvalue weighted by Gasteiger charge is -2.33. The maximum Gasteiger partial charge on any atom is 0.295 e. The summed E-state index contributed by atoms with van der Waals surface area (Å²) in [5.41, 5.74) is 1.62. The van der Waals surface area contributed by atoms with Crippen LogP contribution in [0.25, 0.3) is 0 Å². The fourth-order valence-corrected chi connectivity index (χ4v) is 6.50. The number of halogens is 1. The Morgan fingerprint density at radius 1 is 1.37 bits per heavy atom. The predicted molar refractivity (Wildman–Crippen MR) is 124 cm³/mol. The van der Waals surface area contributed by atoms with Crippen LogP contribution in [0.5, 0.6) is 5.75 Å². The van der Waals surface area contributed by atoms with E-state index < -0.39 is 17.0 Å². The number of fused-ring (bicyclic) bond motifs is 1. The molecule has 170 valence electrons. The Labute approximate surface area is 192 Å². The van der Waals surface area contributed by atoms with Crippen molar-refractivity contribution < 1.29 is 19.4 Å². The molecule has 30 heavy (non-hydrogen) atoms. The highest BCUT2D eigenvalue weighted by Crippen LogP contribution is 2.40. The van der Waals surface area contributed by atoms with Crippen molar-refractivity contribution in [3.05, 3.63) is 39.4 Å². The van der Waals surface area contributed by atoms with Crippen molar-refractivity contribution >= 4 is 34.0 Å². The minimum atomic E-state index is -0.723. The zero-order chi connectivity index (χ0) is 20.7. The number of benzene rings is 1. The van der Waals surface area contributed by atoms with Crippen molar-refractivity contribution in [3.63, 3.8) is 0 Å². The Morgan fingerprint density at radius 2 is 2.20 bits per heavy atom. The molecule has 0 radical (unpaired) electrons. The number of ether oxygens (including phenoxy) is 2. The second-order valence-corrected chi connectivity index (χ2v) is 10.6. The van der Waals surface area contributed by atoms with E-state index in [0.717, 1.165) is 35.1 Å². The minimum Gasteiger partial charge on any atom is -0.463 e. The van der Waals surface area contributed by atoms with Gasteiger partial charge in [0.1, 0.15) is 11.9 Å². The summed E-state index contributed by atoms with van der Waals surface area (Å²) >= 11 is 0. The van der Waals surface area contributed by atoms with E-state index in [1.54, 1.807) is 0 Å². The number of rotatable bonds is 11. The van der Waals surface area contributed by atoms with Gasteiger partial charge in [0.25, 0.3) is 5.09 Å². The molecule has 1 fully saturated rings. The van der Waals surface area contributed by atoms with Crippen LogP contribution < -0.4 is 10.1 Å². The van der Waals surface area contributed by atoms with Gasteiger partial charge in [0, 0.05) is 37.0 Å². The highest BCUT2D eigenvalue weighted by atomic mass is 35.5. The molecule has 2 atom stereocenters. The van der Waals surface area contributed by atoms with E-state index in [9.17, 15) is 10.1 Å². The summed E-state index contributed by atoms with van der Waals surface area (Å²) in [6, 6.07) is 5.54. The van der Waals surface area contributed by atoms with Crippen LogP contribution in [0.2, 0.25) is 0 Å². The van der Waals surface area contributed by atoms with Crippen molar-refractivity contribution in [1.29, 1.82) is 0 Å². The van der Waals surface area contributed by atoms with Crippen LogP contribution in [0.15, 0.2) is 18.2 Å². The van der Waals surface area contributed by atoms with Gasteiger partial charge in [-0.3, -0.25) is 0 Å². The van der Waals surface area contributed by atoms with Crippen LogP contribution in [-0.2, 0) is 16.2 Å². The molecule has 0 spiro atoms. The Hall–Kier alpha value is -0.870. The molecular weight excluding hydrogens is 448 g/mol. The zero-order valence-corrected chi connectivity index (χ0v) is 19.9. The first-order chi connectivity index (χ1) is 13.9. The number of nitrogens with one attached hydrogen (secondary N) is 1. The van der Waals surface area contributed by atoms with Gasteiger partial charge in [-0.2, -0.15) is 0 Å². The molecule has 0 aromatic heterocycles. The maximum absolute atomic E-state index is 11.0. The largest absolute Gasteiger partial charge is 0.463 e. The molecule has 2 aliphatic heterocycles. The van der Waals surface area contributed by atoms with Crippen molar-refractivity contribution in [1.82, 2.24) is 5.32 Å². The van der Waals surface area contributed by atoms with E-state index in [-0.39, 0.29) is 12.4 Å². The van der Waals surface area contributed by atoms with Gasteiger partial charge < -0.3 is 19.6 Å². The Bertz CT molecular complexity index is 689. The van der Waals surface area contributed by atoms with Gasteiger partial charge in [-0.15, -0.1) is 22.5 Å². The van der Waals surface area contributed by atoms with Gasteiger partial charge in [0.15, 0.2) is 0 Å². The van der Waals surface area contributed by atoms with Gasteiger partial charge >= 0.3 is 0 Å². The summed E-state index contributed by atoms with van der Waals surface area (Å²) in [5.74, 6) is 1.37. The van der Waals surface area contributed by atoms with Gasteiger partial charge in [0.05, 0.1) is 6.61 Å². The van der Waals surface area contributed by atoms with E-state index in [1.807, 2.05) is 53.6 Å². The van der Waals surface area contributed by atoms with Crippen LogP contribution in [0.3, 0.4) is 0 Å². The highest BCUT2D eigenvalue weighted by Gasteiger charge is 2.28. The molecule has 1 aromatic carbocycles. The van der Waals surface area contributed by atoms with Crippen LogP contribution in [0.4, 0.5) is 0 Å². The lowest BCUT2D eigenvalue weighted by atomic mass is 10.0.